The van der Waals surface area contributed by atoms with Crippen LogP contribution in [0.5, 0.6) is 0 Å². The molecule has 1 atom stereocenters. The van der Waals surface area contributed by atoms with Crippen LogP contribution < -0.4 is 0 Å². The van der Waals surface area contributed by atoms with Crippen LogP contribution in [0.25, 0.3) is 0 Å². The van der Waals surface area contributed by atoms with Crippen LogP contribution in [0.15, 0.2) is 36.5 Å². The minimum Gasteiger partial charge on any atom is -0.333 e. The largest absolute Gasteiger partial charge is 0.333 e. The molecule has 4 rings (SSSR count). The summed E-state index contributed by atoms with van der Waals surface area (Å²) in [4.78, 5) is 22.0. The zero-order valence-electron chi connectivity index (χ0n) is 14.9. The summed E-state index contributed by atoms with van der Waals surface area (Å²) in [5.74, 6) is 1.46. The predicted molar refractivity (Wildman–Crippen MR) is 96.8 cm³/mol. The lowest BCUT2D eigenvalue weighted by molar-refractivity contribution is -0.139. The summed E-state index contributed by atoms with van der Waals surface area (Å²) >= 11 is 0. The zero-order valence-corrected chi connectivity index (χ0v) is 14.9. The van der Waals surface area contributed by atoms with Crippen molar-refractivity contribution in [3.63, 3.8) is 0 Å². The quantitative estimate of drug-likeness (QED) is 0.863. The van der Waals surface area contributed by atoms with Crippen molar-refractivity contribution in [1.29, 1.82) is 0 Å². The van der Waals surface area contributed by atoms with Crippen LogP contribution in [0.3, 0.4) is 0 Å². The number of imidazole rings is 1. The van der Waals surface area contributed by atoms with Gasteiger partial charge in [0.05, 0.1) is 18.2 Å². The van der Waals surface area contributed by atoms with Gasteiger partial charge >= 0.3 is 0 Å². The maximum atomic E-state index is 13.0. The minimum absolute atomic E-state index is 0.125. The van der Waals surface area contributed by atoms with Crippen LogP contribution in [-0.2, 0) is 24.4 Å². The topological polar surface area (TPSA) is 41.4 Å². The number of likely N-dealkylation sites (tertiary alicyclic amines) is 1. The fraction of sp³-hybridized carbons (Fsp3) is 0.500. The molecule has 1 fully saturated rings. The standard InChI is InChI=1S/C20H26N4O/c1-16-12-23-10-11-24(15-19(23)21-16)20(25)18-8-5-9-22(14-18)13-17-6-3-2-4-7-17/h2-4,6-7,12,18H,5,8-11,13-15H2,1H3. The van der Waals surface area contributed by atoms with E-state index in [0.29, 0.717) is 12.5 Å². The molecule has 1 amide bonds. The van der Waals surface area contributed by atoms with E-state index >= 15 is 0 Å². The Bertz CT molecular complexity index is 739. The van der Waals surface area contributed by atoms with Crippen LogP contribution in [-0.4, -0.2) is 44.9 Å². The third-order valence-corrected chi connectivity index (χ3v) is 5.34. The van der Waals surface area contributed by atoms with E-state index in [-0.39, 0.29) is 5.92 Å². The van der Waals surface area contributed by atoms with Gasteiger partial charge in [-0.3, -0.25) is 9.69 Å². The van der Waals surface area contributed by atoms with Crippen molar-refractivity contribution < 1.29 is 4.79 Å². The fourth-order valence-electron chi connectivity index (χ4n) is 4.08. The molecule has 3 heterocycles. The molecule has 2 aliphatic rings. The maximum Gasteiger partial charge on any atom is 0.227 e. The highest BCUT2D eigenvalue weighted by Gasteiger charge is 2.31. The molecule has 0 radical (unpaired) electrons. The SMILES string of the molecule is Cc1cn2c(n1)CN(C(=O)C1CCCN(Cc3ccccc3)C1)CC2. The van der Waals surface area contributed by atoms with Gasteiger partial charge in [0.2, 0.25) is 5.91 Å². The van der Waals surface area contributed by atoms with Crippen molar-refractivity contribution in [1.82, 2.24) is 19.4 Å². The van der Waals surface area contributed by atoms with Crippen LogP contribution in [0.2, 0.25) is 0 Å². The van der Waals surface area contributed by atoms with E-state index in [0.717, 1.165) is 57.1 Å². The molecular weight excluding hydrogens is 312 g/mol. The van der Waals surface area contributed by atoms with Crippen molar-refractivity contribution in [2.24, 2.45) is 5.92 Å². The van der Waals surface area contributed by atoms with E-state index in [4.69, 9.17) is 0 Å². The first-order chi connectivity index (χ1) is 12.2. The Labute approximate surface area is 149 Å². The summed E-state index contributed by atoms with van der Waals surface area (Å²) in [6.07, 6.45) is 4.19. The molecule has 1 saturated heterocycles. The third-order valence-electron chi connectivity index (χ3n) is 5.34. The molecule has 2 aliphatic heterocycles. The number of hydrogen-bond acceptors (Lipinski definition) is 3. The molecule has 0 saturated carbocycles. The number of rotatable bonds is 3. The van der Waals surface area contributed by atoms with E-state index in [1.807, 2.05) is 17.9 Å². The second-order valence-electron chi connectivity index (χ2n) is 7.31. The minimum atomic E-state index is 0.125. The molecule has 0 N–H and O–H groups in total. The Kier molecular flexibility index (Phi) is 4.57. The summed E-state index contributed by atoms with van der Waals surface area (Å²) < 4.78 is 2.18. The summed E-state index contributed by atoms with van der Waals surface area (Å²) in [5.41, 5.74) is 2.36. The van der Waals surface area contributed by atoms with Crippen LogP contribution >= 0.6 is 0 Å². The number of carbonyl (C=O) groups excluding carboxylic acids is 1. The Morgan fingerprint density at radius 2 is 2.04 bits per heavy atom. The van der Waals surface area contributed by atoms with Gasteiger partial charge in [0.1, 0.15) is 5.82 Å². The average molecular weight is 338 g/mol. The highest BCUT2D eigenvalue weighted by Crippen LogP contribution is 2.23. The normalized spacial score (nSPS) is 21.2. The lowest BCUT2D eigenvalue weighted by atomic mass is 9.95. The molecule has 1 aromatic heterocycles. The van der Waals surface area contributed by atoms with Gasteiger partial charge in [-0.1, -0.05) is 30.3 Å². The monoisotopic (exact) mass is 338 g/mol. The van der Waals surface area contributed by atoms with Crippen molar-refractivity contribution in [3.8, 4) is 0 Å². The number of fused-ring (bicyclic) bond motifs is 1. The van der Waals surface area contributed by atoms with Crippen molar-refractivity contribution >= 4 is 5.91 Å². The van der Waals surface area contributed by atoms with Gasteiger partial charge in [-0.05, 0) is 31.9 Å². The first kappa shape index (κ1) is 16.3. The summed E-state index contributed by atoms with van der Waals surface area (Å²) in [7, 11) is 0. The van der Waals surface area contributed by atoms with Gasteiger partial charge in [0.25, 0.3) is 0 Å². The first-order valence-corrected chi connectivity index (χ1v) is 9.27. The van der Waals surface area contributed by atoms with Gasteiger partial charge in [-0.15, -0.1) is 0 Å². The van der Waals surface area contributed by atoms with Gasteiger partial charge in [-0.2, -0.15) is 0 Å². The molecule has 132 valence electrons. The first-order valence-electron chi connectivity index (χ1n) is 9.27. The number of aryl methyl sites for hydroxylation is 1. The number of piperidine rings is 1. The Morgan fingerprint density at radius 1 is 1.20 bits per heavy atom. The number of hydrogen-bond donors (Lipinski definition) is 0. The smallest absolute Gasteiger partial charge is 0.227 e. The van der Waals surface area contributed by atoms with Crippen LogP contribution in [0.1, 0.15) is 29.9 Å². The van der Waals surface area contributed by atoms with Gasteiger partial charge in [-0.25, -0.2) is 4.98 Å². The molecule has 0 aliphatic carbocycles. The second kappa shape index (κ2) is 7.00. The highest BCUT2D eigenvalue weighted by atomic mass is 16.2. The van der Waals surface area contributed by atoms with Crippen LogP contribution in [0, 0.1) is 12.8 Å². The molecule has 5 nitrogen and oxygen atoms in total. The Balaban J connectivity index is 1.38. The fourth-order valence-corrected chi connectivity index (χ4v) is 4.08. The summed E-state index contributed by atoms with van der Waals surface area (Å²) in [5, 5.41) is 0. The molecule has 2 aromatic rings. The van der Waals surface area contributed by atoms with E-state index in [9.17, 15) is 4.79 Å². The van der Waals surface area contributed by atoms with Gasteiger partial charge < -0.3 is 9.47 Å². The molecule has 25 heavy (non-hydrogen) atoms. The van der Waals surface area contributed by atoms with E-state index in [2.05, 4.69) is 44.9 Å². The number of nitrogens with zero attached hydrogens (tertiary/aromatic N) is 4. The molecule has 0 spiro atoms. The summed E-state index contributed by atoms with van der Waals surface area (Å²) in [6, 6.07) is 10.5. The van der Waals surface area contributed by atoms with E-state index < -0.39 is 0 Å². The van der Waals surface area contributed by atoms with Crippen molar-refractivity contribution in [3.05, 3.63) is 53.6 Å². The third kappa shape index (κ3) is 3.61. The molecular formula is C20H26N4O. The number of aromatic nitrogens is 2. The molecule has 1 aromatic carbocycles. The number of benzene rings is 1. The number of amides is 1. The zero-order chi connectivity index (χ0) is 17.2. The lowest BCUT2D eigenvalue weighted by Crippen LogP contribution is -2.46. The average Bonchev–Trinajstić information content (AvgIpc) is 3.01. The highest BCUT2D eigenvalue weighted by molar-refractivity contribution is 5.79. The molecule has 1 unspecified atom stereocenters. The Morgan fingerprint density at radius 3 is 2.88 bits per heavy atom. The molecule has 5 heteroatoms. The van der Waals surface area contributed by atoms with E-state index in [1.165, 1.54) is 5.56 Å². The lowest BCUT2D eigenvalue weighted by Gasteiger charge is -2.36. The number of carbonyl (C=O) groups is 1. The second-order valence-corrected chi connectivity index (χ2v) is 7.31. The Hall–Kier alpha value is -2.14. The van der Waals surface area contributed by atoms with E-state index in [1.54, 1.807) is 0 Å². The van der Waals surface area contributed by atoms with Crippen molar-refractivity contribution in [2.45, 2.75) is 39.4 Å². The predicted octanol–water partition coefficient (Wildman–Crippen LogP) is 2.45. The van der Waals surface area contributed by atoms with Crippen LogP contribution in [0.4, 0.5) is 0 Å². The van der Waals surface area contributed by atoms with Crippen molar-refractivity contribution in [2.75, 3.05) is 19.6 Å². The van der Waals surface area contributed by atoms with Gasteiger partial charge in [0.15, 0.2) is 0 Å². The van der Waals surface area contributed by atoms with Gasteiger partial charge in [0, 0.05) is 32.4 Å². The maximum absolute atomic E-state index is 13.0. The summed E-state index contributed by atoms with van der Waals surface area (Å²) in [6.45, 7) is 7.23. The molecule has 0 bridgehead atoms.